The molecule has 0 saturated carbocycles. The van der Waals surface area contributed by atoms with E-state index in [1.165, 1.54) is 18.0 Å². The summed E-state index contributed by atoms with van der Waals surface area (Å²) in [5, 5.41) is 3.00. The van der Waals surface area contributed by atoms with Gasteiger partial charge >= 0.3 is 0 Å². The van der Waals surface area contributed by atoms with Crippen LogP contribution in [-0.2, 0) is 26.0 Å². The second-order valence-corrected chi connectivity index (χ2v) is 9.88. The fourth-order valence-electron chi connectivity index (χ4n) is 3.41. The molecule has 2 aromatic carbocycles. The lowest BCUT2D eigenvalue weighted by molar-refractivity contribution is -0.139. The van der Waals surface area contributed by atoms with Gasteiger partial charge in [-0.3, -0.25) is 13.9 Å². The molecular weight excluding hydrogens is 450 g/mol. The highest BCUT2D eigenvalue weighted by Crippen LogP contribution is 2.25. The van der Waals surface area contributed by atoms with E-state index in [0.717, 1.165) is 21.7 Å². The van der Waals surface area contributed by atoms with Gasteiger partial charge in [-0.15, -0.1) is 0 Å². The van der Waals surface area contributed by atoms with Crippen LogP contribution in [0, 0.1) is 6.92 Å². The number of hydrogen-bond donors (Lipinski definition) is 1. The molecule has 0 aromatic heterocycles. The molecule has 0 fully saturated rings. The highest BCUT2D eigenvalue weighted by molar-refractivity contribution is 7.92. The van der Waals surface area contributed by atoms with E-state index in [4.69, 9.17) is 11.6 Å². The van der Waals surface area contributed by atoms with Gasteiger partial charge in [-0.2, -0.15) is 0 Å². The van der Waals surface area contributed by atoms with Gasteiger partial charge in [0, 0.05) is 18.6 Å². The SMILES string of the molecule is CC[C@@H](C(=O)NC)N(CCc1ccccc1)C(=O)CN(c1ccc(C)c(Cl)c1)S(C)(=O)=O. The molecule has 0 bridgehead atoms. The summed E-state index contributed by atoms with van der Waals surface area (Å²) in [5.41, 5.74) is 2.11. The van der Waals surface area contributed by atoms with Crippen LogP contribution >= 0.6 is 11.6 Å². The van der Waals surface area contributed by atoms with Gasteiger partial charge < -0.3 is 10.2 Å². The average molecular weight is 480 g/mol. The van der Waals surface area contributed by atoms with Gasteiger partial charge in [-0.05, 0) is 43.0 Å². The molecule has 32 heavy (non-hydrogen) atoms. The van der Waals surface area contributed by atoms with E-state index in [1.54, 1.807) is 12.1 Å². The van der Waals surface area contributed by atoms with Crippen LogP contribution in [-0.4, -0.2) is 57.6 Å². The number of nitrogens with one attached hydrogen (secondary N) is 1. The Morgan fingerprint density at radius 1 is 1.12 bits per heavy atom. The third-order valence-electron chi connectivity index (χ3n) is 5.24. The van der Waals surface area contributed by atoms with Crippen molar-refractivity contribution in [2.75, 3.05) is 30.7 Å². The molecule has 174 valence electrons. The van der Waals surface area contributed by atoms with Crippen molar-refractivity contribution < 1.29 is 18.0 Å². The number of sulfonamides is 1. The molecular formula is C23H30ClN3O4S. The molecule has 0 radical (unpaired) electrons. The molecule has 1 N–H and O–H groups in total. The number of carbonyl (C=O) groups is 2. The van der Waals surface area contributed by atoms with Gasteiger partial charge in [0.2, 0.25) is 21.8 Å². The summed E-state index contributed by atoms with van der Waals surface area (Å²) in [7, 11) is -2.26. The lowest BCUT2D eigenvalue weighted by Crippen LogP contribution is -2.52. The number of anilines is 1. The van der Waals surface area contributed by atoms with Crippen molar-refractivity contribution in [3.63, 3.8) is 0 Å². The summed E-state index contributed by atoms with van der Waals surface area (Å²) >= 11 is 6.19. The first-order chi connectivity index (χ1) is 15.1. The van der Waals surface area contributed by atoms with Crippen LogP contribution in [0.15, 0.2) is 48.5 Å². The predicted octanol–water partition coefficient (Wildman–Crippen LogP) is 3.01. The van der Waals surface area contributed by atoms with E-state index in [2.05, 4.69) is 5.32 Å². The number of aryl methyl sites for hydroxylation is 1. The minimum absolute atomic E-state index is 0.279. The van der Waals surface area contributed by atoms with Crippen LogP contribution in [0.3, 0.4) is 0 Å². The maximum atomic E-state index is 13.4. The van der Waals surface area contributed by atoms with E-state index < -0.39 is 28.5 Å². The van der Waals surface area contributed by atoms with Gasteiger partial charge in [0.25, 0.3) is 0 Å². The van der Waals surface area contributed by atoms with Crippen LogP contribution in [0.5, 0.6) is 0 Å². The second-order valence-electron chi connectivity index (χ2n) is 7.56. The van der Waals surface area contributed by atoms with Gasteiger partial charge in [-0.25, -0.2) is 8.42 Å². The largest absolute Gasteiger partial charge is 0.357 e. The number of nitrogens with zero attached hydrogens (tertiary/aromatic N) is 2. The lowest BCUT2D eigenvalue weighted by Gasteiger charge is -2.32. The Bertz CT molecular complexity index is 1040. The Labute approximate surface area is 195 Å². The smallest absolute Gasteiger partial charge is 0.244 e. The molecule has 0 spiro atoms. The van der Waals surface area contributed by atoms with Crippen LogP contribution in [0.25, 0.3) is 0 Å². The van der Waals surface area contributed by atoms with Crippen molar-refractivity contribution in [3.8, 4) is 0 Å². The Balaban J connectivity index is 2.36. The molecule has 2 aromatic rings. The number of likely N-dealkylation sites (N-methyl/N-ethyl adjacent to an activating group) is 1. The lowest BCUT2D eigenvalue weighted by atomic mass is 10.1. The Hall–Kier alpha value is -2.58. The quantitative estimate of drug-likeness (QED) is 0.567. The van der Waals surface area contributed by atoms with E-state index in [1.807, 2.05) is 44.2 Å². The number of rotatable bonds is 10. The molecule has 0 unspecified atom stereocenters. The molecule has 2 rings (SSSR count). The third kappa shape index (κ3) is 6.71. The first-order valence-electron chi connectivity index (χ1n) is 10.4. The number of halogens is 1. The van der Waals surface area contributed by atoms with Gasteiger partial charge in [0.1, 0.15) is 12.6 Å². The summed E-state index contributed by atoms with van der Waals surface area (Å²) in [6.07, 6.45) is 1.98. The number of benzene rings is 2. The first-order valence-corrected chi connectivity index (χ1v) is 12.6. The monoisotopic (exact) mass is 479 g/mol. The minimum atomic E-state index is -3.77. The Kier molecular flexibility index (Phi) is 9.09. The molecule has 0 heterocycles. The van der Waals surface area contributed by atoms with Crippen molar-refractivity contribution in [2.45, 2.75) is 32.7 Å². The zero-order chi connectivity index (χ0) is 23.9. The van der Waals surface area contributed by atoms with Crippen molar-refractivity contribution in [3.05, 3.63) is 64.7 Å². The molecule has 0 saturated heterocycles. The van der Waals surface area contributed by atoms with E-state index >= 15 is 0 Å². The maximum Gasteiger partial charge on any atom is 0.244 e. The summed E-state index contributed by atoms with van der Waals surface area (Å²) < 4.78 is 26.1. The molecule has 2 amide bonds. The van der Waals surface area contributed by atoms with E-state index in [9.17, 15) is 18.0 Å². The van der Waals surface area contributed by atoms with Crippen molar-refractivity contribution in [2.24, 2.45) is 0 Å². The standard InChI is InChI=1S/C23H30ClN3O4S/c1-5-21(23(29)25-3)26(14-13-18-9-7-6-8-10-18)22(28)16-27(32(4,30)31)19-12-11-17(2)20(24)15-19/h6-12,15,21H,5,13-14,16H2,1-4H3,(H,25,29)/t21-/m0/s1. The van der Waals surface area contributed by atoms with Crippen LogP contribution in [0.4, 0.5) is 5.69 Å². The maximum absolute atomic E-state index is 13.4. The number of amides is 2. The van der Waals surface area contributed by atoms with E-state index in [-0.39, 0.29) is 12.5 Å². The molecule has 0 aliphatic rings. The predicted molar refractivity (Wildman–Crippen MR) is 128 cm³/mol. The van der Waals surface area contributed by atoms with Crippen LogP contribution < -0.4 is 9.62 Å². The summed E-state index contributed by atoms with van der Waals surface area (Å²) in [6.45, 7) is 3.47. The zero-order valence-electron chi connectivity index (χ0n) is 18.8. The molecule has 9 heteroatoms. The Morgan fingerprint density at radius 3 is 2.31 bits per heavy atom. The second kappa shape index (κ2) is 11.3. The molecule has 7 nitrogen and oxygen atoms in total. The van der Waals surface area contributed by atoms with Crippen LogP contribution in [0.1, 0.15) is 24.5 Å². The van der Waals surface area contributed by atoms with Gasteiger partial charge in [0.15, 0.2) is 0 Å². The topological polar surface area (TPSA) is 86.8 Å². The molecule has 0 aliphatic carbocycles. The average Bonchev–Trinajstić information content (AvgIpc) is 2.76. The Morgan fingerprint density at radius 2 is 1.78 bits per heavy atom. The first kappa shape index (κ1) is 25.7. The normalized spacial score (nSPS) is 12.2. The number of carbonyl (C=O) groups excluding carboxylic acids is 2. The van der Waals surface area contributed by atoms with Crippen molar-refractivity contribution >= 4 is 39.1 Å². The molecule has 1 atom stereocenters. The number of hydrogen-bond acceptors (Lipinski definition) is 4. The van der Waals surface area contributed by atoms with Gasteiger partial charge in [0.05, 0.1) is 11.9 Å². The van der Waals surface area contributed by atoms with E-state index in [0.29, 0.717) is 23.6 Å². The molecule has 0 aliphatic heterocycles. The highest BCUT2D eigenvalue weighted by Gasteiger charge is 2.31. The van der Waals surface area contributed by atoms with Crippen molar-refractivity contribution in [1.82, 2.24) is 10.2 Å². The minimum Gasteiger partial charge on any atom is -0.357 e. The van der Waals surface area contributed by atoms with Crippen molar-refractivity contribution in [1.29, 1.82) is 0 Å². The summed E-state index contributed by atoms with van der Waals surface area (Å²) in [5.74, 6) is -0.753. The summed E-state index contributed by atoms with van der Waals surface area (Å²) in [4.78, 5) is 27.3. The fourth-order valence-corrected chi connectivity index (χ4v) is 4.43. The highest BCUT2D eigenvalue weighted by atomic mass is 35.5. The van der Waals surface area contributed by atoms with Crippen LogP contribution in [0.2, 0.25) is 5.02 Å². The zero-order valence-corrected chi connectivity index (χ0v) is 20.4. The third-order valence-corrected chi connectivity index (χ3v) is 6.79. The fraction of sp³-hybridized carbons (Fsp3) is 0.391. The van der Waals surface area contributed by atoms with Gasteiger partial charge in [-0.1, -0.05) is 54.9 Å². The summed E-state index contributed by atoms with van der Waals surface area (Å²) in [6, 6.07) is 13.7.